The predicted molar refractivity (Wildman–Crippen MR) is 158 cm³/mol. The topological polar surface area (TPSA) is 49.4 Å². The van der Waals surface area contributed by atoms with E-state index < -0.39 is 6.04 Å². The molecule has 6 heteroatoms. The molecule has 38 heavy (non-hydrogen) atoms. The number of rotatable bonds is 12. The zero-order valence-corrected chi connectivity index (χ0v) is 24.2. The molecule has 202 valence electrons. The van der Waals surface area contributed by atoms with Crippen LogP contribution in [0.2, 0.25) is 10.0 Å². The van der Waals surface area contributed by atoms with Gasteiger partial charge in [0.1, 0.15) is 6.04 Å². The molecular weight excluding hydrogens is 515 g/mol. The van der Waals surface area contributed by atoms with Gasteiger partial charge in [0.05, 0.1) is 10.0 Å². The van der Waals surface area contributed by atoms with Gasteiger partial charge in [0.25, 0.3) is 0 Å². The number of hydrogen-bond acceptors (Lipinski definition) is 2. The van der Waals surface area contributed by atoms with E-state index in [1.807, 2.05) is 36.4 Å². The summed E-state index contributed by atoms with van der Waals surface area (Å²) in [6.45, 7) is 9.23. The first-order valence-corrected chi connectivity index (χ1v) is 14.0. The molecule has 3 rings (SSSR count). The quantitative estimate of drug-likeness (QED) is 0.253. The summed E-state index contributed by atoms with van der Waals surface area (Å²) in [5.74, 6) is 0.515. The Labute approximate surface area is 237 Å². The number of hydrogen-bond donors (Lipinski definition) is 1. The van der Waals surface area contributed by atoms with Crippen molar-refractivity contribution in [1.82, 2.24) is 10.2 Å². The fourth-order valence-electron chi connectivity index (χ4n) is 4.28. The highest BCUT2D eigenvalue weighted by atomic mass is 35.5. The average molecular weight is 554 g/mol. The van der Waals surface area contributed by atoms with E-state index in [0.29, 0.717) is 47.7 Å². The second-order valence-corrected chi connectivity index (χ2v) is 11.3. The molecule has 0 fully saturated rings. The largest absolute Gasteiger partial charge is 0.354 e. The Morgan fingerprint density at radius 2 is 1.47 bits per heavy atom. The molecule has 0 aliphatic rings. The van der Waals surface area contributed by atoms with Crippen LogP contribution in [0.1, 0.15) is 62.3 Å². The van der Waals surface area contributed by atoms with Crippen LogP contribution < -0.4 is 5.32 Å². The van der Waals surface area contributed by atoms with Crippen molar-refractivity contribution in [3.8, 4) is 0 Å². The molecule has 0 aliphatic heterocycles. The van der Waals surface area contributed by atoms with Gasteiger partial charge < -0.3 is 10.2 Å². The highest BCUT2D eigenvalue weighted by Gasteiger charge is 2.30. The third-order valence-corrected chi connectivity index (χ3v) is 7.31. The summed E-state index contributed by atoms with van der Waals surface area (Å²) in [4.78, 5) is 29.0. The van der Waals surface area contributed by atoms with E-state index in [2.05, 4.69) is 57.3 Å². The molecule has 4 nitrogen and oxygen atoms in total. The highest BCUT2D eigenvalue weighted by Crippen LogP contribution is 2.25. The summed E-state index contributed by atoms with van der Waals surface area (Å²) < 4.78 is 0. The Bertz CT molecular complexity index is 1190. The van der Waals surface area contributed by atoms with Gasteiger partial charge in [-0.05, 0) is 52.6 Å². The highest BCUT2D eigenvalue weighted by molar-refractivity contribution is 6.42. The lowest BCUT2D eigenvalue weighted by Gasteiger charge is -2.32. The Balaban J connectivity index is 1.89. The second kappa shape index (κ2) is 14.4. The van der Waals surface area contributed by atoms with Gasteiger partial charge in [0.15, 0.2) is 0 Å². The van der Waals surface area contributed by atoms with E-state index in [0.717, 1.165) is 16.7 Å². The maximum Gasteiger partial charge on any atom is 0.243 e. The van der Waals surface area contributed by atoms with Crippen LogP contribution in [0, 0.1) is 5.92 Å². The summed E-state index contributed by atoms with van der Waals surface area (Å²) in [5.41, 5.74) is 4.18. The number of nitrogens with zero attached hydrogens (tertiary/aromatic N) is 1. The summed E-state index contributed by atoms with van der Waals surface area (Å²) in [7, 11) is 0. The number of halogens is 2. The van der Waals surface area contributed by atoms with E-state index in [9.17, 15) is 9.59 Å². The lowest BCUT2D eigenvalue weighted by molar-refractivity contribution is -0.141. The van der Waals surface area contributed by atoms with E-state index in [4.69, 9.17) is 23.2 Å². The minimum atomic E-state index is -0.665. The van der Waals surface area contributed by atoms with E-state index in [-0.39, 0.29) is 18.4 Å². The van der Waals surface area contributed by atoms with Crippen LogP contribution in [0.3, 0.4) is 0 Å². The minimum Gasteiger partial charge on any atom is -0.354 e. The molecule has 3 aromatic carbocycles. The van der Waals surface area contributed by atoms with E-state index in [1.54, 1.807) is 17.0 Å². The molecule has 3 aromatic rings. The Kier molecular flexibility index (Phi) is 11.2. The van der Waals surface area contributed by atoms with Crippen molar-refractivity contribution < 1.29 is 9.59 Å². The fourth-order valence-corrected chi connectivity index (χ4v) is 4.60. The van der Waals surface area contributed by atoms with Crippen LogP contribution >= 0.6 is 23.2 Å². The molecule has 0 bridgehead atoms. The van der Waals surface area contributed by atoms with Gasteiger partial charge in [-0.15, -0.1) is 0 Å². The maximum atomic E-state index is 13.8. The number of benzene rings is 3. The number of carbonyl (C=O) groups is 2. The van der Waals surface area contributed by atoms with Gasteiger partial charge >= 0.3 is 0 Å². The predicted octanol–water partition coefficient (Wildman–Crippen LogP) is 7.46. The van der Waals surface area contributed by atoms with Gasteiger partial charge in [0.2, 0.25) is 11.8 Å². The molecular formula is C32H38Cl2N2O2. The van der Waals surface area contributed by atoms with Crippen LogP contribution in [0.4, 0.5) is 0 Å². The molecule has 0 aromatic heterocycles. The standard InChI is InChI=1S/C32H38Cl2N2O2/c1-22(2)20-35-32(38)30(19-25-8-6-5-7-9-25)36(21-26-12-16-28(33)29(34)18-26)31(37)17-13-24-10-14-27(15-11-24)23(3)4/h5-12,14-16,18,22-23,30H,13,17,19-21H2,1-4H3,(H,35,38)/t30-/m0/s1. The summed E-state index contributed by atoms with van der Waals surface area (Å²) in [6.07, 6.45) is 1.31. The number of nitrogens with one attached hydrogen (secondary N) is 1. The van der Waals surface area contributed by atoms with Crippen LogP contribution in [0.15, 0.2) is 72.8 Å². The molecule has 1 N–H and O–H groups in total. The molecule has 0 spiro atoms. The first kappa shape index (κ1) is 29.7. The average Bonchev–Trinajstić information content (AvgIpc) is 2.90. The fraction of sp³-hybridized carbons (Fsp3) is 0.375. The molecule has 0 radical (unpaired) electrons. The first-order valence-electron chi connectivity index (χ1n) is 13.3. The van der Waals surface area contributed by atoms with Crippen molar-refractivity contribution >= 4 is 35.0 Å². The lowest BCUT2D eigenvalue weighted by atomic mass is 9.99. The third-order valence-electron chi connectivity index (χ3n) is 6.57. The Morgan fingerprint density at radius 1 is 0.816 bits per heavy atom. The zero-order chi connectivity index (χ0) is 27.7. The molecule has 0 aliphatic carbocycles. The van der Waals surface area contributed by atoms with Crippen LogP contribution in [0.5, 0.6) is 0 Å². The zero-order valence-electron chi connectivity index (χ0n) is 22.7. The van der Waals surface area contributed by atoms with Gasteiger partial charge in [0, 0.05) is 25.9 Å². The SMILES string of the molecule is CC(C)CNC(=O)[C@H](Cc1ccccc1)N(Cc1ccc(Cl)c(Cl)c1)C(=O)CCc1ccc(C(C)C)cc1. The molecule has 0 heterocycles. The van der Waals surface area contributed by atoms with Crippen molar-refractivity contribution in [2.45, 2.75) is 65.5 Å². The Morgan fingerprint density at radius 3 is 2.08 bits per heavy atom. The van der Waals surface area contributed by atoms with Crippen LogP contribution in [0.25, 0.3) is 0 Å². The first-order chi connectivity index (χ1) is 18.1. The maximum absolute atomic E-state index is 13.8. The normalized spacial score (nSPS) is 12.0. The van der Waals surface area contributed by atoms with Crippen LogP contribution in [-0.4, -0.2) is 29.3 Å². The van der Waals surface area contributed by atoms with Crippen molar-refractivity contribution in [1.29, 1.82) is 0 Å². The molecule has 0 saturated heterocycles. The molecule has 0 unspecified atom stereocenters. The van der Waals surface area contributed by atoms with Crippen molar-refractivity contribution in [3.05, 3.63) is 105 Å². The summed E-state index contributed by atoms with van der Waals surface area (Å²) >= 11 is 12.4. The van der Waals surface area contributed by atoms with Gasteiger partial charge in [-0.25, -0.2) is 0 Å². The minimum absolute atomic E-state index is 0.0790. The van der Waals surface area contributed by atoms with E-state index in [1.165, 1.54) is 5.56 Å². The summed E-state index contributed by atoms with van der Waals surface area (Å²) in [5, 5.41) is 3.93. The smallest absolute Gasteiger partial charge is 0.243 e. The third kappa shape index (κ3) is 8.89. The molecule has 1 atom stereocenters. The van der Waals surface area contributed by atoms with Crippen LogP contribution in [-0.2, 0) is 29.0 Å². The Hall–Kier alpha value is -2.82. The summed E-state index contributed by atoms with van der Waals surface area (Å²) in [6, 6.07) is 22.9. The van der Waals surface area contributed by atoms with Gasteiger partial charge in [-0.3, -0.25) is 9.59 Å². The second-order valence-electron chi connectivity index (χ2n) is 10.5. The van der Waals surface area contributed by atoms with Crippen molar-refractivity contribution in [2.24, 2.45) is 5.92 Å². The molecule has 2 amide bonds. The number of amides is 2. The number of aryl methyl sites for hydroxylation is 1. The number of carbonyl (C=O) groups excluding carboxylic acids is 2. The van der Waals surface area contributed by atoms with E-state index >= 15 is 0 Å². The lowest BCUT2D eigenvalue weighted by Crippen LogP contribution is -2.51. The molecule has 0 saturated carbocycles. The van der Waals surface area contributed by atoms with Crippen molar-refractivity contribution in [3.63, 3.8) is 0 Å². The van der Waals surface area contributed by atoms with Gasteiger partial charge in [-0.1, -0.05) is 112 Å². The van der Waals surface area contributed by atoms with Gasteiger partial charge in [-0.2, -0.15) is 0 Å². The monoisotopic (exact) mass is 552 g/mol. The van der Waals surface area contributed by atoms with Crippen molar-refractivity contribution in [2.75, 3.05) is 6.54 Å².